The molecule has 0 atom stereocenters. The molecule has 122 valence electrons. The van der Waals surface area contributed by atoms with Crippen molar-refractivity contribution in [2.75, 3.05) is 10.6 Å². The van der Waals surface area contributed by atoms with Crippen LogP contribution >= 0.6 is 22.9 Å². The van der Waals surface area contributed by atoms with Crippen molar-refractivity contribution in [3.63, 3.8) is 0 Å². The number of carbonyl (C=O) groups is 1. The van der Waals surface area contributed by atoms with Crippen molar-refractivity contribution in [3.8, 4) is 5.75 Å². The molecule has 1 aromatic carbocycles. The normalized spacial score (nSPS) is 13.9. The first kappa shape index (κ1) is 16.0. The summed E-state index contributed by atoms with van der Waals surface area (Å²) in [7, 11) is 0. The van der Waals surface area contributed by atoms with Crippen molar-refractivity contribution in [3.05, 3.63) is 28.2 Å². The molecule has 1 aromatic heterocycles. The van der Waals surface area contributed by atoms with E-state index in [0.29, 0.717) is 27.5 Å². The lowest BCUT2D eigenvalue weighted by Gasteiger charge is -2.16. The van der Waals surface area contributed by atoms with Crippen LogP contribution in [0.2, 0.25) is 5.02 Å². The number of hydrogen-bond acceptors (Lipinski definition) is 5. The quantitative estimate of drug-likeness (QED) is 0.830. The predicted octanol–water partition coefficient (Wildman–Crippen LogP) is 4.50. The van der Waals surface area contributed by atoms with Crippen LogP contribution < -0.4 is 15.4 Å². The summed E-state index contributed by atoms with van der Waals surface area (Å²) < 4.78 is 5.67. The molecule has 6 nitrogen and oxygen atoms in total. The van der Waals surface area contributed by atoms with E-state index in [9.17, 15) is 4.79 Å². The molecule has 0 radical (unpaired) electrons. The number of urea groups is 1. The number of para-hydroxylation sites is 1. The third kappa shape index (κ3) is 4.11. The Bertz CT molecular complexity index is 715. The smallest absolute Gasteiger partial charge is 0.325 e. The monoisotopic (exact) mass is 352 g/mol. The zero-order valence-corrected chi connectivity index (χ0v) is 14.4. The highest BCUT2D eigenvalue weighted by atomic mass is 35.5. The van der Waals surface area contributed by atoms with E-state index in [1.165, 1.54) is 11.3 Å². The molecule has 0 saturated heterocycles. The maximum atomic E-state index is 12.1. The highest BCUT2D eigenvalue weighted by Crippen LogP contribution is 2.42. The van der Waals surface area contributed by atoms with Crippen LogP contribution in [0.5, 0.6) is 5.75 Å². The van der Waals surface area contributed by atoms with Gasteiger partial charge in [-0.1, -0.05) is 29.0 Å². The second-order valence-electron chi connectivity index (χ2n) is 5.58. The first-order chi connectivity index (χ1) is 11.0. The standard InChI is InChI=1S/C15H17ClN4O2S/c1-8(2)22-12-10(16)4-3-5-11(12)17-14(21)18-15-20-19-13(23-15)9-6-7-9/h3-5,8-9H,6-7H2,1-2H3,(H2,17,18,20,21). The minimum Gasteiger partial charge on any atom is -0.487 e. The number of nitrogens with one attached hydrogen (secondary N) is 2. The van der Waals surface area contributed by atoms with Gasteiger partial charge in [0.15, 0.2) is 5.75 Å². The van der Waals surface area contributed by atoms with Gasteiger partial charge in [-0.3, -0.25) is 5.32 Å². The molecule has 1 heterocycles. The van der Waals surface area contributed by atoms with Gasteiger partial charge in [0.2, 0.25) is 5.13 Å². The molecule has 1 aliphatic carbocycles. The molecule has 1 aliphatic rings. The molecule has 2 amide bonds. The lowest BCUT2D eigenvalue weighted by atomic mass is 10.3. The molecule has 0 aliphatic heterocycles. The number of benzene rings is 1. The summed E-state index contributed by atoms with van der Waals surface area (Å²) in [6, 6.07) is 4.80. The Kier molecular flexibility index (Phi) is 4.68. The van der Waals surface area contributed by atoms with E-state index >= 15 is 0 Å². The third-order valence-corrected chi connectivity index (χ3v) is 4.46. The van der Waals surface area contributed by atoms with Crippen LogP contribution in [0.3, 0.4) is 0 Å². The van der Waals surface area contributed by atoms with Crippen molar-refractivity contribution in [1.82, 2.24) is 10.2 Å². The lowest BCUT2D eigenvalue weighted by molar-refractivity contribution is 0.243. The highest BCUT2D eigenvalue weighted by molar-refractivity contribution is 7.15. The number of rotatable bonds is 5. The van der Waals surface area contributed by atoms with Crippen LogP contribution in [0.4, 0.5) is 15.6 Å². The van der Waals surface area contributed by atoms with E-state index in [4.69, 9.17) is 16.3 Å². The van der Waals surface area contributed by atoms with E-state index in [2.05, 4.69) is 20.8 Å². The van der Waals surface area contributed by atoms with E-state index < -0.39 is 6.03 Å². The van der Waals surface area contributed by atoms with Crippen LogP contribution in [0, 0.1) is 0 Å². The number of anilines is 2. The van der Waals surface area contributed by atoms with Crippen LogP contribution in [-0.2, 0) is 0 Å². The maximum Gasteiger partial charge on any atom is 0.325 e. The summed E-state index contributed by atoms with van der Waals surface area (Å²) in [5.74, 6) is 0.973. The van der Waals surface area contributed by atoms with Crippen LogP contribution in [-0.4, -0.2) is 22.3 Å². The fourth-order valence-corrected chi connectivity index (χ4v) is 3.12. The van der Waals surface area contributed by atoms with Gasteiger partial charge in [0.1, 0.15) is 5.01 Å². The summed E-state index contributed by atoms with van der Waals surface area (Å²) in [5.41, 5.74) is 0.510. The molecule has 0 unspecified atom stereocenters. The van der Waals surface area contributed by atoms with Gasteiger partial charge in [0.25, 0.3) is 0 Å². The van der Waals surface area contributed by atoms with Crippen LogP contribution in [0.1, 0.15) is 37.6 Å². The van der Waals surface area contributed by atoms with Gasteiger partial charge in [-0.2, -0.15) is 0 Å². The van der Waals surface area contributed by atoms with Crippen molar-refractivity contribution in [2.45, 2.75) is 38.7 Å². The average Bonchev–Trinajstić information content (AvgIpc) is 3.23. The number of amides is 2. The maximum absolute atomic E-state index is 12.1. The second-order valence-corrected chi connectivity index (χ2v) is 7.00. The topological polar surface area (TPSA) is 76.1 Å². The summed E-state index contributed by atoms with van der Waals surface area (Å²) in [6.07, 6.45) is 2.25. The molecule has 3 rings (SSSR count). The molecule has 0 bridgehead atoms. The molecule has 23 heavy (non-hydrogen) atoms. The first-order valence-corrected chi connectivity index (χ1v) is 8.59. The molecule has 1 saturated carbocycles. The number of ether oxygens (including phenoxy) is 1. The summed E-state index contributed by atoms with van der Waals surface area (Å²) >= 11 is 7.55. The summed E-state index contributed by atoms with van der Waals surface area (Å²) in [6.45, 7) is 3.79. The van der Waals surface area contributed by atoms with Crippen molar-refractivity contribution in [1.29, 1.82) is 0 Å². The Morgan fingerprint density at radius 3 is 2.83 bits per heavy atom. The zero-order chi connectivity index (χ0) is 16.4. The zero-order valence-electron chi connectivity index (χ0n) is 12.8. The number of halogens is 1. The van der Waals surface area contributed by atoms with E-state index in [1.807, 2.05) is 13.8 Å². The fourth-order valence-electron chi connectivity index (χ4n) is 1.99. The van der Waals surface area contributed by atoms with Gasteiger partial charge in [0.05, 0.1) is 16.8 Å². The number of aromatic nitrogens is 2. The van der Waals surface area contributed by atoms with Gasteiger partial charge in [-0.15, -0.1) is 10.2 Å². The number of hydrogen-bond donors (Lipinski definition) is 2. The van der Waals surface area contributed by atoms with Crippen LogP contribution in [0.15, 0.2) is 18.2 Å². The number of nitrogens with zero attached hydrogens (tertiary/aromatic N) is 2. The number of carbonyl (C=O) groups excluding carboxylic acids is 1. The molecule has 2 N–H and O–H groups in total. The Labute approximate surface area is 143 Å². The minimum absolute atomic E-state index is 0.0530. The predicted molar refractivity (Wildman–Crippen MR) is 91.7 cm³/mol. The first-order valence-electron chi connectivity index (χ1n) is 7.39. The molecule has 2 aromatic rings. The SMILES string of the molecule is CC(C)Oc1c(Cl)cccc1NC(=O)Nc1nnc(C2CC2)s1. The fraction of sp³-hybridized carbons (Fsp3) is 0.400. The summed E-state index contributed by atoms with van der Waals surface area (Å²) in [5, 5.41) is 15.4. The molecular formula is C15H17ClN4O2S. The van der Waals surface area contributed by atoms with E-state index in [0.717, 1.165) is 17.8 Å². The minimum atomic E-state index is -0.403. The van der Waals surface area contributed by atoms with Gasteiger partial charge in [-0.05, 0) is 38.8 Å². The Balaban J connectivity index is 1.68. The van der Waals surface area contributed by atoms with Crippen molar-refractivity contribution < 1.29 is 9.53 Å². The Hall–Kier alpha value is -1.86. The summed E-state index contributed by atoms with van der Waals surface area (Å²) in [4.78, 5) is 12.1. The van der Waals surface area contributed by atoms with E-state index in [-0.39, 0.29) is 6.10 Å². The molecule has 1 fully saturated rings. The van der Waals surface area contributed by atoms with Gasteiger partial charge >= 0.3 is 6.03 Å². The van der Waals surface area contributed by atoms with Crippen LogP contribution in [0.25, 0.3) is 0 Å². The highest BCUT2D eigenvalue weighted by Gasteiger charge is 2.27. The lowest BCUT2D eigenvalue weighted by Crippen LogP contribution is -2.20. The second kappa shape index (κ2) is 6.72. The molecular weight excluding hydrogens is 336 g/mol. The largest absolute Gasteiger partial charge is 0.487 e. The third-order valence-electron chi connectivity index (χ3n) is 3.16. The van der Waals surface area contributed by atoms with Gasteiger partial charge in [0, 0.05) is 5.92 Å². The van der Waals surface area contributed by atoms with Crippen molar-refractivity contribution in [2.24, 2.45) is 0 Å². The van der Waals surface area contributed by atoms with Gasteiger partial charge in [-0.25, -0.2) is 4.79 Å². The van der Waals surface area contributed by atoms with Gasteiger partial charge < -0.3 is 10.1 Å². The molecule has 0 spiro atoms. The molecule has 8 heteroatoms. The Morgan fingerprint density at radius 1 is 1.35 bits per heavy atom. The van der Waals surface area contributed by atoms with Crippen molar-refractivity contribution >= 4 is 39.8 Å². The van der Waals surface area contributed by atoms with E-state index in [1.54, 1.807) is 18.2 Å². The average molecular weight is 353 g/mol. The Morgan fingerprint density at radius 2 is 2.13 bits per heavy atom.